The van der Waals surface area contributed by atoms with Gasteiger partial charge in [0.05, 0.1) is 33.4 Å². The number of benzene rings is 3. The van der Waals surface area contributed by atoms with Crippen molar-refractivity contribution >= 4 is 29.1 Å². The van der Waals surface area contributed by atoms with Gasteiger partial charge in [-0.15, -0.1) is 0 Å². The van der Waals surface area contributed by atoms with Gasteiger partial charge in [-0.05, 0) is 73.0 Å². The number of hydrogen-bond donors (Lipinski definition) is 0. The zero-order valence-electron chi connectivity index (χ0n) is 24.1. The van der Waals surface area contributed by atoms with Gasteiger partial charge in [-0.25, -0.2) is 9.79 Å². The average Bonchev–Trinajstić information content (AvgIpc) is 3.33. The summed E-state index contributed by atoms with van der Waals surface area (Å²) in [6, 6.07) is 19.9. The van der Waals surface area contributed by atoms with Crippen molar-refractivity contribution in [1.29, 1.82) is 0 Å². The Bertz CT molecular complexity index is 1910. The predicted molar refractivity (Wildman–Crippen MR) is 166 cm³/mol. The van der Waals surface area contributed by atoms with Gasteiger partial charge in [-0.3, -0.25) is 19.5 Å². The van der Waals surface area contributed by atoms with Crippen LogP contribution in [0.4, 0.5) is 5.69 Å². The SMILES string of the molecule is C=CCOc1ccc([C@H]2C(C(=O)OCC)=C(C)N=c3s/c(=C\c4ccc(OCc5ccc([N+](=O)[O-])cc5)cc4)c(=O)n32)cc1. The molecule has 0 aliphatic carbocycles. The molecule has 1 aliphatic rings. The summed E-state index contributed by atoms with van der Waals surface area (Å²) in [6.07, 6.45) is 3.43. The van der Waals surface area contributed by atoms with E-state index in [1.165, 1.54) is 28.0 Å². The minimum atomic E-state index is -0.726. The van der Waals surface area contributed by atoms with Crippen LogP contribution in [-0.2, 0) is 16.1 Å². The van der Waals surface area contributed by atoms with Crippen LogP contribution < -0.4 is 24.4 Å². The van der Waals surface area contributed by atoms with Gasteiger partial charge in [0.1, 0.15) is 24.7 Å². The molecule has 0 amide bonds. The second-order valence-corrected chi connectivity index (χ2v) is 10.8. The molecule has 0 saturated heterocycles. The molecule has 4 aromatic rings. The van der Waals surface area contributed by atoms with Crippen LogP contribution in [0.3, 0.4) is 0 Å². The molecule has 3 aromatic carbocycles. The Hall–Kier alpha value is -5.29. The van der Waals surface area contributed by atoms with Crippen LogP contribution in [0.15, 0.2) is 107 Å². The fourth-order valence-corrected chi connectivity index (χ4v) is 5.75. The summed E-state index contributed by atoms with van der Waals surface area (Å²) < 4.78 is 18.8. The fourth-order valence-electron chi connectivity index (χ4n) is 4.70. The van der Waals surface area contributed by atoms with Crippen LogP contribution in [-0.4, -0.2) is 28.7 Å². The number of ether oxygens (including phenoxy) is 3. The van der Waals surface area contributed by atoms with E-state index in [4.69, 9.17) is 14.2 Å². The lowest BCUT2D eigenvalue weighted by Crippen LogP contribution is -2.39. The molecule has 5 rings (SSSR count). The Kier molecular flexibility index (Phi) is 9.15. The maximum atomic E-state index is 13.8. The first kappa shape index (κ1) is 30.2. The first-order chi connectivity index (χ1) is 21.3. The Balaban J connectivity index is 1.44. The van der Waals surface area contributed by atoms with Crippen LogP contribution in [0.1, 0.15) is 36.6 Å². The van der Waals surface area contributed by atoms with Crippen molar-refractivity contribution in [2.24, 2.45) is 4.99 Å². The van der Waals surface area contributed by atoms with E-state index >= 15 is 0 Å². The molecular weight excluding hydrogens is 582 g/mol. The number of carbonyl (C=O) groups is 1. The number of allylic oxidation sites excluding steroid dienone is 1. The number of carbonyl (C=O) groups excluding carboxylic acids is 1. The molecule has 1 atom stereocenters. The molecule has 44 heavy (non-hydrogen) atoms. The second kappa shape index (κ2) is 13.3. The van der Waals surface area contributed by atoms with Crippen molar-refractivity contribution in [2.75, 3.05) is 13.2 Å². The number of rotatable bonds is 11. The lowest BCUT2D eigenvalue weighted by Gasteiger charge is -2.24. The van der Waals surface area contributed by atoms with E-state index in [0.29, 0.717) is 38.7 Å². The van der Waals surface area contributed by atoms with E-state index in [1.807, 2.05) is 24.3 Å². The summed E-state index contributed by atoms with van der Waals surface area (Å²) in [5.74, 6) is 0.723. The zero-order chi connectivity index (χ0) is 31.2. The van der Waals surface area contributed by atoms with Gasteiger partial charge in [0, 0.05) is 12.1 Å². The number of fused-ring (bicyclic) bond motifs is 1. The Labute approximate surface area is 256 Å². The normalized spacial score (nSPS) is 14.4. The van der Waals surface area contributed by atoms with Gasteiger partial charge in [-0.1, -0.05) is 48.3 Å². The molecule has 1 aromatic heterocycles. The first-order valence-electron chi connectivity index (χ1n) is 13.8. The predicted octanol–water partition coefficient (Wildman–Crippen LogP) is 4.85. The van der Waals surface area contributed by atoms with E-state index in [0.717, 1.165) is 16.7 Å². The van der Waals surface area contributed by atoms with E-state index in [9.17, 15) is 19.7 Å². The molecule has 0 fully saturated rings. The zero-order valence-corrected chi connectivity index (χ0v) is 24.9. The lowest BCUT2D eigenvalue weighted by atomic mass is 9.96. The fraction of sp³-hybridized carbons (Fsp3) is 0.182. The highest BCUT2D eigenvalue weighted by molar-refractivity contribution is 7.07. The highest BCUT2D eigenvalue weighted by Crippen LogP contribution is 2.31. The van der Waals surface area contributed by atoms with Crippen LogP contribution >= 0.6 is 11.3 Å². The minimum absolute atomic E-state index is 0.0220. The molecule has 2 heterocycles. The van der Waals surface area contributed by atoms with Gasteiger partial charge < -0.3 is 14.2 Å². The van der Waals surface area contributed by atoms with Crippen molar-refractivity contribution in [3.05, 3.63) is 143 Å². The van der Waals surface area contributed by atoms with Crippen LogP contribution in [0, 0.1) is 10.1 Å². The number of hydrogen-bond acceptors (Lipinski definition) is 9. The standard InChI is InChI=1S/C33H29N3O7S/c1-4-18-42-26-16-10-24(11-17-26)30-29(32(38)41-5-2)21(3)34-33-35(30)31(37)28(44-33)19-22-8-14-27(15-9-22)43-20-23-6-12-25(13-7-23)36(39)40/h4,6-17,19,30H,1,5,18,20H2,2-3H3/b28-19-/t30-/m0/s1. The summed E-state index contributed by atoms with van der Waals surface area (Å²) in [5.41, 5.74) is 2.83. The molecule has 224 valence electrons. The molecule has 0 saturated carbocycles. The molecule has 0 unspecified atom stereocenters. The monoisotopic (exact) mass is 611 g/mol. The first-order valence-corrected chi connectivity index (χ1v) is 14.6. The third-order valence-electron chi connectivity index (χ3n) is 6.81. The summed E-state index contributed by atoms with van der Waals surface area (Å²) in [5, 5.41) is 10.9. The van der Waals surface area contributed by atoms with Gasteiger partial charge in [-0.2, -0.15) is 0 Å². The Morgan fingerprint density at radius 2 is 1.70 bits per heavy atom. The van der Waals surface area contributed by atoms with Gasteiger partial charge in [0.15, 0.2) is 4.80 Å². The summed E-state index contributed by atoms with van der Waals surface area (Å²) >= 11 is 1.24. The van der Waals surface area contributed by atoms with Crippen molar-refractivity contribution in [2.45, 2.75) is 26.5 Å². The number of nitro benzene ring substituents is 1. The molecule has 1 aliphatic heterocycles. The molecule has 0 N–H and O–H groups in total. The largest absolute Gasteiger partial charge is 0.490 e. The topological polar surface area (TPSA) is 122 Å². The summed E-state index contributed by atoms with van der Waals surface area (Å²) in [4.78, 5) is 42.4. The molecular formula is C33H29N3O7S. The molecule has 0 spiro atoms. The smallest absolute Gasteiger partial charge is 0.338 e. The van der Waals surface area contributed by atoms with E-state index in [1.54, 1.807) is 62.4 Å². The number of nitrogens with zero attached hydrogens (tertiary/aromatic N) is 3. The van der Waals surface area contributed by atoms with Crippen molar-refractivity contribution in [1.82, 2.24) is 4.57 Å². The van der Waals surface area contributed by atoms with Gasteiger partial charge in [0.25, 0.3) is 11.2 Å². The number of aromatic nitrogens is 1. The van der Waals surface area contributed by atoms with Crippen LogP contribution in [0.2, 0.25) is 0 Å². The number of non-ortho nitro benzene ring substituents is 1. The van der Waals surface area contributed by atoms with E-state index < -0.39 is 16.9 Å². The average molecular weight is 612 g/mol. The third-order valence-corrected chi connectivity index (χ3v) is 7.79. The Morgan fingerprint density at radius 3 is 2.34 bits per heavy atom. The number of nitro groups is 1. The van der Waals surface area contributed by atoms with E-state index in [-0.39, 0.29) is 24.5 Å². The van der Waals surface area contributed by atoms with Crippen molar-refractivity contribution in [3.8, 4) is 11.5 Å². The molecule has 0 radical (unpaired) electrons. The quantitative estimate of drug-likeness (QED) is 0.103. The lowest BCUT2D eigenvalue weighted by molar-refractivity contribution is -0.384. The highest BCUT2D eigenvalue weighted by Gasteiger charge is 2.33. The van der Waals surface area contributed by atoms with Crippen LogP contribution in [0.5, 0.6) is 11.5 Å². The highest BCUT2D eigenvalue weighted by atomic mass is 32.1. The van der Waals surface area contributed by atoms with E-state index in [2.05, 4.69) is 11.6 Å². The molecule has 11 heteroatoms. The van der Waals surface area contributed by atoms with Crippen LogP contribution in [0.25, 0.3) is 6.08 Å². The maximum absolute atomic E-state index is 13.8. The third kappa shape index (κ3) is 6.52. The van der Waals surface area contributed by atoms with Crippen molar-refractivity contribution in [3.63, 3.8) is 0 Å². The summed E-state index contributed by atoms with van der Waals surface area (Å²) in [7, 11) is 0. The molecule has 10 nitrogen and oxygen atoms in total. The summed E-state index contributed by atoms with van der Waals surface area (Å²) in [6.45, 7) is 7.93. The Morgan fingerprint density at radius 1 is 1.05 bits per heavy atom. The second-order valence-electron chi connectivity index (χ2n) is 9.75. The minimum Gasteiger partial charge on any atom is -0.490 e. The van der Waals surface area contributed by atoms with Gasteiger partial charge >= 0.3 is 5.97 Å². The molecule has 0 bridgehead atoms. The van der Waals surface area contributed by atoms with Gasteiger partial charge in [0.2, 0.25) is 0 Å². The van der Waals surface area contributed by atoms with Crippen molar-refractivity contribution < 1.29 is 23.9 Å². The number of esters is 1. The maximum Gasteiger partial charge on any atom is 0.338 e. The number of thiazole rings is 1.